The van der Waals surface area contributed by atoms with Crippen LogP contribution in [0.3, 0.4) is 0 Å². The first-order valence-electron chi connectivity index (χ1n) is 9.64. The number of aliphatic carboxylic acids is 2. The Hall–Kier alpha value is -1.44. The van der Waals surface area contributed by atoms with Crippen LogP contribution >= 0.6 is 0 Å². The Morgan fingerprint density at radius 2 is 1.42 bits per heavy atom. The minimum Gasteiger partial charge on any atom is -0.478 e. The fraction of sp³-hybridized carbons (Fsp3) is 0.789. The SMILES string of the molecule is O=C(O)C=CC(=O)O.OC(CNC1CCCCC1)COC1CCCCC1. The summed E-state index contributed by atoms with van der Waals surface area (Å²) < 4.78 is 5.79. The molecule has 1 unspecified atom stereocenters. The van der Waals surface area contributed by atoms with Crippen molar-refractivity contribution < 1.29 is 29.6 Å². The van der Waals surface area contributed by atoms with E-state index >= 15 is 0 Å². The summed E-state index contributed by atoms with van der Waals surface area (Å²) in [4.78, 5) is 19.1. The molecule has 1 atom stereocenters. The minimum atomic E-state index is -1.26. The molecule has 0 aromatic carbocycles. The van der Waals surface area contributed by atoms with Gasteiger partial charge < -0.3 is 25.4 Å². The van der Waals surface area contributed by atoms with E-state index < -0.39 is 11.9 Å². The maximum Gasteiger partial charge on any atom is 0.328 e. The second kappa shape index (κ2) is 13.7. The molecule has 4 N–H and O–H groups in total. The van der Waals surface area contributed by atoms with Gasteiger partial charge in [0.05, 0.1) is 18.8 Å². The summed E-state index contributed by atoms with van der Waals surface area (Å²) in [6.07, 6.45) is 14.1. The van der Waals surface area contributed by atoms with Crippen molar-refractivity contribution in [2.45, 2.75) is 82.5 Å². The lowest BCUT2D eigenvalue weighted by atomic mass is 9.95. The Bertz CT molecular complexity index is 390. The van der Waals surface area contributed by atoms with Gasteiger partial charge in [-0.25, -0.2) is 9.59 Å². The quantitative estimate of drug-likeness (QED) is 0.484. The van der Waals surface area contributed by atoms with Crippen LogP contribution in [-0.4, -0.2) is 58.7 Å². The van der Waals surface area contributed by atoms with E-state index in [1.54, 1.807) is 0 Å². The summed E-state index contributed by atoms with van der Waals surface area (Å²) in [5, 5.41) is 29.0. The fourth-order valence-electron chi connectivity index (χ4n) is 3.29. The van der Waals surface area contributed by atoms with E-state index in [2.05, 4.69) is 5.32 Å². The van der Waals surface area contributed by atoms with Gasteiger partial charge in [0.1, 0.15) is 0 Å². The van der Waals surface area contributed by atoms with Crippen LogP contribution in [0.4, 0.5) is 0 Å². The molecule has 2 aliphatic carbocycles. The summed E-state index contributed by atoms with van der Waals surface area (Å²) in [6, 6.07) is 0.628. The molecule has 2 saturated carbocycles. The zero-order valence-corrected chi connectivity index (χ0v) is 15.4. The number of aliphatic hydroxyl groups excluding tert-OH is 1. The molecule has 26 heavy (non-hydrogen) atoms. The van der Waals surface area contributed by atoms with E-state index in [0.29, 0.717) is 37.4 Å². The van der Waals surface area contributed by atoms with Crippen molar-refractivity contribution in [3.8, 4) is 0 Å². The van der Waals surface area contributed by atoms with E-state index in [1.807, 2.05) is 0 Å². The molecule has 7 nitrogen and oxygen atoms in total. The molecule has 0 amide bonds. The highest BCUT2D eigenvalue weighted by Crippen LogP contribution is 2.20. The zero-order valence-electron chi connectivity index (χ0n) is 15.4. The molecule has 2 rings (SSSR count). The standard InChI is InChI=1S/C15H29NO2.C4H4O4/c17-14(11-16-13-7-3-1-4-8-13)12-18-15-9-5-2-6-10-15;5-3(6)1-2-4(7)8/h13-17H,1-12H2;1-2H,(H,5,6)(H,7,8). The molecule has 0 heterocycles. The highest BCUT2D eigenvalue weighted by molar-refractivity contribution is 5.89. The molecule has 2 fully saturated rings. The first kappa shape index (κ1) is 22.6. The maximum absolute atomic E-state index is 9.92. The first-order chi connectivity index (χ1) is 12.5. The number of aliphatic hydroxyl groups is 1. The van der Waals surface area contributed by atoms with Crippen molar-refractivity contribution in [3.05, 3.63) is 12.2 Å². The average Bonchev–Trinajstić information content (AvgIpc) is 2.65. The molecule has 0 aromatic heterocycles. The number of hydrogen-bond acceptors (Lipinski definition) is 5. The summed E-state index contributed by atoms with van der Waals surface area (Å²) in [5.41, 5.74) is 0. The van der Waals surface area contributed by atoms with Crippen LogP contribution in [-0.2, 0) is 14.3 Å². The average molecular weight is 371 g/mol. The van der Waals surface area contributed by atoms with E-state index in [4.69, 9.17) is 14.9 Å². The van der Waals surface area contributed by atoms with Gasteiger partial charge in [-0.1, -0.05) is 38.5 Å². The molecular weight excluding hydrogens is 338 g/mol. The van der Waals surface area contributed by atoms with E-state index in [-0.39, 0.29) is 6.10 Å². The Labute approximate surface area is 155 Å². The lowest BCUT2D eigenvalue weighted by Gasteiger charge is -2.26. The third kappa shape index (κ3) is 12.0. The molecule has 0 radical (unpaired) electrons. The maximum atomic E-state index is 9.92. The van der Waals surface area contributed by atoms with E-state index in [1.165, 1.54) is 64.2 Å². The lowest BCUT2D eigenvalue weighted by molar-refractivity contribution is -0.134. The molecule has 0 spiro atoms. The van der Waals surface area contributed by atoms with Crippen LogP contribution in [0.2, 0.25) is 0 Å². The molecular formula is C19H33NO6. The minimum absolute atomic E-state index is 0.339. The molecule has 7 heteroatoms. The number of carbonyl (C=O) groups is 2. The Morgan fingerprint density at radius 1 is 0.923 bits per heavy atom. The number of carboxylic acids is 2. The largest absolute Gasteiger partial charge is 0.478 e. The van der Waals surface area contributed by atoms with Crippen LogP contribution in [0, 0.1) is 0 Å². The van der Waals surface area contributed by atoms with Crippen molar-refractivity contribution in [3.63, 3.8) is 0 Å². The highest BCUT2D eigenvalue weighted by Gasteiger charge is 2.17. The Balaban J connectivity index is 0.000000359. The monoisotopic (exact) mass is 371 g/mol. The topological polar surface area (TPSA) is 116 Å². The van der Waals surface area contributed by atoms with Crippen LogP contribution in [0.15, 0.2) is 12.2 Å². The molecule has 0 saturated heterocycles. The second-order valence-corrected chi connectivity index (χ2v) is 7.00. The number of nitrogens with one attached hydrogen (secondary N) is 1. The first-order valence-corrected chi connectivity index (χ1v) is 9.64. The third-order valence-corrected chi connectivity index (χ3v) is 4.69. The summed E-state index contributed by atoms with van der Waals surface area (Å²) >= 11 is 0. The van der Waals surface area contributed by atoms with Crippen LogP contribution in [0.25, 0.3) is 0 Å². The predicted molar refractivity (Wildman–Crippen MR) is 98.1 cm³/mol. The van der Waals surface area contributed by atoms with Gasteiger partial charge in [-0.3, -0.25) is 0 Å². The molecule has 2 aliphatic rings. The number of hydrogen-bond donors (Lipinski definition) is 4. The van der Waals surface area contributed by atoms with Gasteiger partial charge >= 0.3 is 11.9 Å². The van der Waals surface area contributed by atoms with Gasteiger partial charge in [-0.2, -0.15) is 0 Å². The number of rotatable bonds is 8. The van der Waals surface area contributed by atoms with Crippen LogP contribution in [0.1, 0.15) is 64.2 Å². The van der Waals surface area contributed by atoms with Crippen molar-refractivity contribution in [2.24, 2.45) is 0 Å². The highest BCUT2D eigenvalue weighted by atomic mass is 16.5. The molecule has 0 aromatic rings. The predicted octanol–water partition coefficient (Wildman–Crippen LogP) is 2.33. The van der Waals surface area contributed by atoms with Gasteiger partial charge in [-0.15, -0.1) is 0 Å². The van der Waals surface area contributed by atoms with E-state index in [9.17, 15) is 14.7 Å². The van der Waals surface area contributed by atoms with Gasteiger partial charge in [0.2, 0.25) is 0 Å². The Morgan fingerprint density at radius 3 is 1.92 bits per heavy atom. The van der Waals surface area contributed by atoms with Crippen LogP contribution < -0.4 is 5.32 Å². The van der Waals surface area contributed by atoms with E-state index in [0.717, 1.165) is 0 Å². The smallest absolute Gasteiger partial charge is 0.328 e. The zero-order chi connectivity index (χ0) is 19.2. The van der Waals surface area contributed by atoms with Crippen molar-refractivity contribution in [1.82, 2.24) is 5.32 Å². The molecule has 0 aliphatic heterocycles. The van der Waals surface area contributed by atoms with Crippen molar-refractivity contribution >= 4 is 11.9 Å². The summed E-state index contributed by atoms with van der Waals surface area (Å²) in [6.45, 7) is 1.20. The summed E-state index contributed by atoms with van der Waals surface area (Å²) in [5.74, 6) is -2.51. The van der Waals surface area contributed by atoms with Crippen molar-refractivity contribution in [1.29, 1.82) is 0 Å². The lowest BCUT2D eigenvalue weighted by Crippen LogP contribution is -2.39. The fourth-order valence-corrected chi connectivity index (χ4v) is 3.29. The number of ether oxygens (including phenoxy) is 1. The molecule has 150 valence electrons. The van der Waals surface area contributed by atoms with Gasteiger partial charge in [0, 0.05) is 24.7 Å². The van der Waals surface area contributed by atoms with Gasteiger partial charge in [0.25, 0.3) is 0 Å². The normalized spacial score (nSPS) is 20.3. The second-order valence-electron chi connectivity index (χ2n) is 7.00. The number of carboxylic acid groups (broad SMARTS) is 2. The third-order valence-electron chi connectivity index (χ3n) is 4.69. The summed E-state index contributed by atoms with van der Waals surface area (Å²) in [7, 11) is 0. The molecule has 0 bridgehead atoms. The van der Waals surface area contributed by atoms with Gasteiger partial charge in [-0.05, 0) is 25.7 Å². The van der Waals surface area contributed by atoms with Crippen molar-refractivity contribution in [2.75, 3.05) is 13.2 Å². The Kier molecular flexibility index (Phi) is 11.9. The van der Waals surface area contributed by atoms with Crippen LogP contribution in [0.5, 0.6) is 0 Å². The van der Waals surface area contributed by atoms with Gasteiger partial charge in [0.15, 0.2) is 0 Å².